The van der Waals surface area contributed by atoms with Crippen molar-refractivity contribution in [1.82, 2.24) is 24.6 Å². The number of hydrogen-bond donors (Lipinski definition) is 0. The Balaban J connectivity index is 1.69. The molecule has 0 N–H and O–H groups in total. The van der Waals surface area contributed by atoms with Gasteiger partial charge in [-0.3, -0.25) is 19.2 Å². The lowest BCUT2D eigenvalue weighted by Crippen LogP contribution is -2.08. The van der Waals surface area contributed by atoms with Gasteiger partial charge in [-0.1, -0.05) is 17.7 Å². The maximum absolute atomic E-state index is 12.9. The molecule has 134 valence electrons. The first-order valence-electron chi connectivity index (χ1n) is 8.16. The van der Waals surface area contributed by atoms with E-state index in [2.05, 4.69) is 20.2 Å². The molecule has 0 fully saturated rings. The molecule has 4 rings (SSSR count). The lowest BCUT2D eigenvalue weighted by molar-refractivity contribution is 0.0992. The van der Waals surface area contributed by atoms with E-state index in [0.29, 0.717) is 33.4 Å². The second-order valence-corrected chi connectivity index (χ2v) is 6.40. The molecule has 0 atom stereocenters. The molecule has 0 radical (unpaired) electrons. The maximum Gasteiger partial charge on any atom is 0.172 e. The van der Waals surface area contributed by atoms with Crippen LogP contribution in [0.5, 0.6) is 11.5 Å². The number of aryl methyl sites for hydroxylation is 1. The SMILES string of the molecule is Cc1cccc(CC(=O)c2cc(Oc3cncc(Cl)c3)cn3cnnc23)n1. The first kappa shape index (κ1) is 17.1. The van der Waals surface area contributed by atoms with Crippen molar-refractivity contribution in [2.75, 3.05) is 0 Å². The van der Waals surface area contributed by atoms with Crippen LogP contribution in [0.3, 0.4) is 0 Å². The van der Waals surface area contributed by atoms with Gasteiger partial charge in [0.2, 0.25) is 0 Å². The Labute approximate surface area is 159 Å². The van der Waals surface area contributed by atoms with Crippen molar-refractivity contribution in [3.05, 3.63) is 77.2 Å². The molecule has 27 heavy (non-hydrogen) atoms. The van der Waals surface area contributed by atoms with Crippen molar-refractivity contribution in [3.63, 3.8) is 0 Å². The van der Waals surface area contributed by atoms with Gasteiger partial charge in [0.1, 0.15) is 17.8 Å². The first-order valence-corrected chi connectivity index (χ1v) is 8.54. The monoisotopic (exact) mass is 379 g/mol. The number of fused-ring (bicyclic) bond motifs is 1. The standard InChI is InChI=1S/C19H14ClN5O2/c1-12-3-2-4-14(23-12)6-18(26)17-7-16(10-25-11-22-24-19(17)25)27-15-5-13(20)8-21-9-15/h2-5,7-11H,6H2,1H3. The molecule has 0 saturated carbocycles. The van der Waals surface area contributed by atoms with E-state index in [0.717, 1.165) is 5.69 Å². The van der Waals surface area contributed by atoms with E-state index < -0.39 is 0 Å². The molecule has 4 aromatic heterocycles. The number of nitrogens with zero attached hydrogens (tertiary/aromatic N) is 5. The highest BCUT2D eigenvalue weighted by Crippen LogP contribution is 2.26. The van der Waals surface area contributed by atoms with Crippen LogP contribution in [0.1, 0.15) is 21.7 Å². The zero-order valence-electron chi connectivity index (χ0n) is 14.3. The second-order valence-electron chi connectivity index (χ2n) is 5.96. The average Bonchev–Trinajstić information content (AvgIpc) is 3.09. The van der Waals surface area contributed by atoms with Gasteiger partial charge >= 0.3 is 0 Å². The number of aromatic nitrogens is 5. The van der Waals surface area contributed by atoms with Crippen LogP contribution in [0.15, 0.2) is 55.2 Å². The number of hydrogen-bond acceptors (Lipinski definition) is 6. The largest absolute Gasteiger partial charge is 0.454 e. The van der Waals surface area contributed by atoms with Crippen LogP contribution in [0.25, 0.3) is 5.65 Å². The molecule has 7 nitrogen and oxygen atoms in total. The average molecular weight is 380 g/mol. The van der Waals surface area contributed by atoms with Crippen molar-refractivity contribution in [2.24, 2.45) is 0 Å². The van der Waals surface area contributed by atoms with Crippen LogP contribution in [-0.4, -0.2) is 30.3 Å². The first-order chi connectivity index (χ1) is 13.1. The summed E-state index contributed by atoms with van der Waals surface area (Å²) in [5, 5.41) is 8.39. The molecule has 4 heterocycles. The number of carbonyl (C=O) groups is 1. The Hall–Kier alpha value is -3.32. The van der Waals surface area contributed by atoms with Gasteiger partial charge in [0.25, 0.3) is 0 Å². The van der Waals surface area contributed by atoms with E-state index in [4.69, 9.17) is 16.3 Å². The van der Waals surface area contributed by atoms with Crippen LogP contribution >= 0.6 is 11.6 Å². The summed E-state index contributed by atoms with van der Waals surface area (Å²) in [4.78, 5) is 21.3. The van der Waals surface area contributed by atoms with Crippen molar-refractivity contribution in [1.29, 1.82) is 0 Å². The number of pyridine rings is 3. The second kappa shape index (κ2) is 7.13. The van der Waals surface area contributed by atoms with Gasteiger partial charge in [0.05, 0.1) is 29.4 Å². The van der Waals surface area contributed by atoms with E-state index in [-0.39, 0.29) is 12.2 Å². The van der Waals surface area contributed by atoms with Crippen molar-refractivity contribution in [2.45, 2.75) is 13.3 Å². The van der Waals surface area contributed by atoms with Gasteiger partial charge in [-0.25, -0.2) is 0 Å². The van der Waals surface area contributed by atoms with E-state index in [1.165, 1.54) is 12.5 Å². The van der Waals surface area contributed by atoms with E-state index >= 15 is 0 Å². The van der Waals surface area contributed by atoms with Gasteiger partial charge in [0.15, 0.2) is 11.4 Å². The Morgan fingerprint density at radius 2 is 2.11 bits per heavy atom. The Morgan fingerprint density at radius 1 is 1.22 bits per heavy atom. The molecular weight excluding hydrogens is 366 g/mol. The molecule has 0 amide bonds. The predicted octanol–water partition coefficient (Wildman–Crippen LogP) is 3.70. The molecule has 8 heteroatoms. The number of ether oxygens (including phenoxy) is 1. The predicted molar refractivity (Wildman–Crippen MR) is 99.3 cm³/mol. The third-order valence-corrected chi connectivity index (χ3v) is 4.08. The number of ketones is 1. The highest BCUT2D eigenvalue weighted by atomic mass is 35.5. The fourth-order valence-electron chi connectivity index (χ4n) is 2.71. The van der Waals surface area contributed by atoms with Gasteiger partial charge < -0.3 is 4.74 Å². The highest BCUT2D eigenvalue weighted by molar-refractivity contribution is 6.30. The smallest absolute Gasteiger partial charge is 0.172 e. The summed E-state index contributed by atoms with van der Waals surface area (Å²) in [5.41, 5.74) is 2.43. The lowest BCUT2D eigenvalue weighted by Gasteiger charge is -2.09. The molecule has 4 aromatic rings. The van der Waals surface area contributed by atoms with Gasteiger partial charge in [-0.05, 0) is 25.1 Å². The minimum atomic E-state index is -0.124. The fourth-order valence-corrected chi connectivity index (χ4v) is 2.88. The minimum Gasteiger partial charge on any atom is -0.454 e. The maximum atomic E-state index is 12.9. The molecule has 0 aliphatic carbocycles. The molecule has 0 saturated heterocycles. The molecule has 0 aliphatic rings. The molecule has 0 unspecified atom stereocenters. The van der Waals surface area contributed by atoms with Gasteiger partial charge in [-0.15, -0.1) is 10.2 Å². The lowest BCUT2D eigenvalue weighted by atomic mass is 10.1. The Bertz CT molecular complexity index is 1140. The summed E-state index contributed by atoms with van der Waals surface area (Å²) in [7, 11) is 0. The summed E-state index contributed by atoms with van der Waals surface area (Å²) >= 11 is 5.94. The summed E-state index contributed by atoms with van der Waals surface area (Å²) in [5.74, 6) is 0.793. The zero-order chi connectivity index (χ0) is 18.8. The molecule has 0 spiro atoms. The summed E-state index contributed by atoms with van der Waals surface area (Å²) in [6.45, 7) is 1.89. The third kappa shape index (κ3) is 3.78. The van der Waals surface area contributed by atoms with Crippen molar-refractivity contribution >= 4 is 23.0 Å². The molecular formula is C19H14ClN5O2. The van der Waals surface area contributed by atoms with E-state index in [1.54, 1.807) is 28.9 Å². The fraction of sp³-hybridized carbons (Fsp3) is 0.105. The van der Waals surface area contributed by atoms with Gasteiger partial charge in [-0.2, -0.15) is 0 Å². The van der Waals surface area contributed by atoms with Crippen molar-refractivity contribution in [3.8, 4) is 11.5 Å². The highest BCUT2D eigenvalue weighted by Gasteiger charge is 2.16. The van der Waals surface area contributed by atoms with E-state index in [9.17, 15) is 4.79 Å². The third-order valence-electron chi connectivity index (χ3n) is 3.87. The van der Waals surface area contributed by atoms with Crippen LogP contribution in [0, 0.1) is 6.92 Å². The number of carbonyl (C=O) groups excluding carboxylic acids is 1. The zero-order valence-corrected chi connectivity index (χ0v) is 15.1. The number of rotatable bonds is 5. The molecule has 0 aromatic carbocycles. The van der Waals surface area contributed by atoms with Crippen LogP contribution in [0.4, 0.5) is 0 Å². The Morgan fingerprint density at radius 3 is 2.93 bits per heavy atom. The summed E-state index contributed by atoms with van der Waals surface area (Å²) < 4.78 is 7.45. The van der Waals surface area contributed by atoms with Crippen molar-refractivity contribution < 1.29 is 9.53 Å². The summed E-state index contributed by atoms with van der Waals surface area (Å²) in [6, 6.07) is 8.87. The number of Topliss-reactive ketones (excluding diaryl/α,β-unsaturated/α-hetero) is 1. The normalized spacial score (nSPS) is 10.9. The van der Waals surface area contributed by atoms with Crippen LogP contribution < -0.4 is 4.74 Å². The van der Waals surface area contributed by atoms with Crippen LogP contribution in [0.2, 0.25) is 5.02 Å². The topological polar surface area (TPSA) is 82.3 Å². The number of halogens is 1. The minimum absolute atomic E-state index is 0.124. The quantitative estimate of drug-likeness (QED) is 0.492. The Kier molecular flexibility index (Phi) is 4.52. The summed E-state index contributed by atoms with van der Waals surface area (Å²) in [6.07, 6.45) is 6.42. The molecule has 0 aliphatic heterocycles. The van der Waals surface area contributed by atoms with E-state index in [1.807, 2.05) is 25.1 Å². The molecule has 0 bridgehead atoms. The van der Waals surface area contributed by atoms with Gasteiger partial charge in [0, 0.05) is 23.7 Å². The van der Waals surface area contributed by atoms with Crippen LogP contribution in [-0.2, 0) is 6.42 Å².